The molecular weight excluding hydrogens is 250 g/mol. The molecule has 0 aliphatic carbocycles. The smallest absolute Gasteiger partial charge is 0.208 e. The van der Waals surface area contributed by atoms with E-state index in [1.807, 2.05) is 0 Å². The second-order valence-corrected chi connectivity index (χ2v) is 7.35. The lowest BCUT2D eigenvalue weighted by Crippen LogP contribution is -2.50. The SMILES string of the molecule is CCNC1CC2CCC(C1)N2CCNS(C)(=O)=O. The van der Waals surface area contributed by atoms with Crippen LogP contribution in [0.25, 0.3) is 0 Å². The average molecular weight is 275 g/mol. The number of hydrogen-bond acceptors (Lipinski definition) is 4. The summed E-state index contributed by atoms with van der Waals surface area (Å²) in [7, 11) is -3.05. The maximum absolute atomic E-state index is 11.0. The molecule has 2 aliphatic rings. The van der Waals surface area contributed by atoms with Gasteiger partial charge in [0.15, 0.2) is 0 Å². The molecule has 2 saturated heterocycles. The molecule has 0 saturated carbocycles. The molecule has 0 spiro atoms. The van der Waals surface area contributed by atoms with Gasteiger partial charge in [0.25, 0.3) is 0 Å². The fourth-order valence-corrected chi connectivity index (χ4v) is 3.92. The van der Waals surface area contributed by atoms with Crippen molar-refractivity contribution in [3.8, 4) is 0 Å². The van der Waals surface area contributed by atoms with Gasteiger partial charge >= 0.3 is 0 Å². The van der Waals surface area contributed by atoms with Crippen LogP contribution >= 0.6 is 0 Å². The first kappa shape index (κ1) is 14.2. The number of piperidine rings is 1. The van der Waals surface area contributed by atoms with E-state index in [9.17, 15) is 8.42 Å². The number of fused-ring (bicyclic) bond motifs is 2. The molecule has 0 aromatic heterocycles. The van der Waals surface area contributed by atoms with Crippen LogP contribution in [0.2, 0.25) is 0 Å². The summed E-state index contributed by atoms with van der Waals surface area (Å²) < 4.78 is 24.7. The zero-order chi connectivity index (χ0) is 13.2. The molecule has 2 heterocycles. The van der Waals surface area contributed by atoms with Crippen molar-refractivity contribution in [3.05, 3.63) is 0 Å². The van der Waals surface area contributed by atoms with E-state index in [0.29, 0.717) is 24.7 Å². The van der Waals surface area contributed by atoms with Crippen molar-refractivity contribution in [1.82, 2.24) is 14.9 Å². The Labute approximate surface area is 110 Å². The highest BCUT2D eigenvalue weighted by Gasteiger charge is 2.39. The van der Waals surface area contributed by atoms with Crippen molar-refractivity contribution in [2.45, 2.75) is 50.7 Å². The molecule has 2 atom stereocenters. The standard InChI is InChI=1S/C12H25N3O2S/c1-3-13-10-8-11-4-5-12(9-10)15(11)7-6-14-18(2,16)17/h10-14H,3-9H2,1-2H3. The van der Waals surface area contributed by atoms with Gasteiger partial charge in [0, 0.05) is 31.2 Å². The normalized spacial score (nSPS) is 32.9. The van der Waals surface area contributed by atoms with Gasteiger partial charge < -0.3 is 5.32 Å². The Bertz CT molecular complexity index is 358. The summed E-state index contributed by atoms with van der Waals surface area (Å²) >= 11 is 0. The topological polar surface area (TPSA) is 61.4 Å². The Morgan fingerprint density at radius 1 is 1.22 bits per heavy atom. The van der Waals surface area contributed by atoms with Crippen LogP contribution in [0.5, 0.6) is 0 Å². The lowest BCUT2D eigenvalue weighted by Gasteiger charge is -2.39. The molecule has 2 bridgehead atoms. The molecule has 2 rings (SSSR count). The summed E-state index contributed by atoms with van der Waals surface area (Å²) in [5, 5.41) is 3.55. The third-order valence-electron chi connectivity index (χ3n) is 4.11. The molecule has 106 valence electrons. The summed E-state index contributed by atoms with van der Waals surface area (Å²) in [5.41, 5.74) is 0. The van der Waals surface area contributed by atoms with Crippen molar-refractivity contribution in [2.24, 2.45) is 0 Å². The number of sulfonamides is 1. The van der Waals surface area contributed by atoms with Gasteiger partial charge in [0.05, 0.1) is 6.26 Å². The van der Waals surface area contributed by atoms with E-state index < -0.39 is 10.0 Å². The molecule has 2 aliphatic heterocycles. The van der Waals surface area contributed by atoms with E-state index >= 15 is 0 Å². The van der Waals surface area contributed by atoms with Crippen molar-refractivity contribution >= 4 is 10.0 Å². The third kappa shape index (κ3) is 3.66. The minimum atomic E-state index is -3.05. The highest BCUT2D eigenvalue weighted by atomic mass is 32.2. The van der Waals surface area contributed by atoms with Gasteiger partial charge in [-0.05, 0) is 32.2 Å². The first-order valence-corrected chi connectivity index (χ1v) is 8.82. The summed E-state index contributed by atoms with van der Waals surface area (Å²) in [5.74, 6) is 0. The summed E-state index contributed by atoms with van der Waals surface area (Å²) in [6.07, 6.45) is 6.18. The van der Waals surface area contributed by atoms with E-state index in [-0.39, 0.29) is 0 Å². The predicted molar refractivity (Wildman–Crippen MR) is 73.1 cm³/mol. The second kappa shape index (κ2) is 5.86. The molecule has 0 aromatic carbocycles. The largest absolute Gasteiger partial charge is 0.314 e. The second-order valence-electron chi connectivity index (χ2n) is 5.52. The molecule has 0 aromatic rings. The van der Waals surface area contributed by atoms with Gasteiger partial charge in [-0.15, -0.1) is 0 Å². The summed E-state index contributed by atoms with van der Waals surface area (Å²) in [6, 6.07) is 1.95. The lowest BCUT2D eigenvalue weighted by molar-refractivity contribution is 0.120. The van der Waals surface area contributed by atoms with Crippen molar-refractivity contribution in [3.63, 3.8) is 0 Å². The van der Waals surface area contributed by atoms with Crippen LogP contribution < -0.4 is 10.0 Å². The van der Waals surface area contributed by atoms with Crippen molar-refractivity contribution in [2.75, 3.05) is 25.9 Å². The zero-order valence-corrected chi connectivity index (χ0v) is 12.2. The predicted octanol–water partition coefficient (Wildman–Crippen LogP) is 0.141. The fraction of sp³-hybridized carbons (Fsp3) is 1.00. The van der Waals surface area contributed by atoms with Gasteiger partial charge in [-0.1, -0.05) is 6.92 Å². The van der Waals surface area contributed by atoms with E-state index in [4.69, 9.17) is 0 Å². The number of nitrogens with one attached hydrogen (secondary N) is 2. The quantitative estimate of drug-likeness (QED) is 0.724. The minimum absolute atomic E-state index is 0.539. The van der Waals surface area contributed by atoms with Gasteiger partial charge in [0.1, 0.15) is 0 Å². The Balaban J connectivity index is 1.81. The number of rotatable bonds is 6. The Morgan fingerprint density at radius 3 is 2.33 bits per heavy atom. The summed E-state index contributed by atoms with van der Waals surface area (Å²) in [4.78, 5) is 2.51. The van der Waals surface area contributed by atoms with Crippen LogP contribution in [0.15, 0.2) is 0 Å². The van der Waals surface area contributed by atoms with Crippen LogP contribution in [0.1, 0.15) is 32.6 Å². The Hall–Kier alpha value is -0.170. The lowest BCUT2D eigenvalue weighted by atomic mass is 9.97. The van der Waals surface area contributed by atoms with E-state index in [0.717, 1.165) is 13.1 Å². The maximum Gasteiger partial charge on any atom is 0.208 e. The fourth-order valence-electron chi connectivity index (χ4n) is 3.45. The first-order chi connectivity index (χ1) is 8.49. The van der Waals surface area contributed by atoms with E-state index in [1.54, 1.807) is 0 Å². The molecular formula is C12H25N3O2S. The molecule has 6 heteroatoms. The van der Waals surface area contributed by atoms with E-state index in [1.165, 1.54) is 31.9 Å². The summed E-state index contributed by atoms with van der Waals surface area (Å²) in [6.45, 7) is 4.59. The van der Waals surface area contributed by atoms with E-state index in [2.05, 4.69) is 21.9 Å². The zero-order valence-electron chi connectivity index (χ0n) is 11.4. The molecule has 0 radical (unpaired) electrons. The minimum Gasteiger partial charge on any atom is -0.314 e. The van der Waals surface area contributed by atoms with Crippen molar-refractivity contribution < 1.29 is 8.42 Å². The molecule has 0 amide bonds. The van der Waals surface area contributed by atoms with Crippen LogP contribution in [-0.4, -0.2) is 57.3 Å². The number of hydrogen-bond donors (Lipinski definition) is 2. The van der Waals surface area contributed by atoms with Gasteiger partial charge in [-0.2, -0.15) is 0 Å². The third-order valence-corrected chi connectivity index (χ3v) is 4.84. The van der Waals surface area contributed by atoms with Gasteiger partial charge in [-0.3, -0.25) is 4.90 Å². The Kier molecular flexibility index (Phi) is 4.64. The van der Waals surface area contributed by atoms with Crippen LogP contribution in [0.4, 0.5) is 0 Å². The highest BCUT2D eigenvalue weighted by molar-refractivity contribution is 7.88. The van der Waals surface area contributed by atoms with Gasteiger partial charge in [0.2, 0.25) is 10.0 Å². The van der Waals surface area contributed by atoms with Crippen LogP contribution in [-0.2, 0) is 10.0 Å². The van der Waals surface area contributed by atoms with Crippen molar-refractivity contribution in [1.29, 1.82) is 0 Å². The van der Waals surface area contributed by atoms with Gasteiger partial charge in [-0.25, -0.2) is 13.1 Å². The van der Waals surface area contributed by atoms with Crippen LogP contribution in [0, 0.1) is 0 Å². The molecule has 2 fully saturated rings. The first-order valence-electron chi connectivity index (χ1n) is 6.93. The Morgan fingerprint density at radius 2 is 1.83 bits per heavy atom. The highest BCUT2D eigenvalue weighted by Crippen LogP contribution is 2.35. The maximum atomic E-state index is 11.0. The molecule has 2 N–H and O–H groups in total. The molecule has 2 unspecified atom stereocenters. The number of nitrogens with zero attached hydrogens (tertiary/aromatic N) is 1. The van der Waals surface area contributed by atoms with Crippen LogP contribution in [0.3, 0.4) is 0 Å². The molecule has 5 nitrogen and oxygen atoms in total. The average Bonchev–Trinajstić information content (AvgIpc) is 2.51. The monoisotopic (exact) mass is 275 g/mol. The molecule has 18 heavy (non-hydrogen) atoms.